The average molecular weight is 376 g/mol. The number of nitrogens with zero attached hydrogens (tertiary/aromatic N) is 3. The van der Waals surface area contributed by atoms with Gasteiger partial charge in [-0.25, -0.2) is 9.78 Å². The van der Waals surface area contributed by atoms with Crippen LogP contribution in [0.5, 0.6) is 0 Å². The van der Waals surface area contributed by atoms with Crippen molar-refractivity contribution in [3.8, 4) is 0 Å². The lowest BCUT2D eigenvalue weighted by Crippen LogP contribution is -2.38. The first-order chi connectivity index (χ1) is 12.9. The molecule has 0 spiro atoms. The second kappa shape index (κ2) is 10.1. The minimum atomic E-state index is -0.509. The molecule has 1 aliphatic heterocycles. The standard InChI is InChI=1S/C22H37N3O2/c1-6-8-15-24-16-10-9-11-19(24)18-12-13-20(23-17-18)25(14-7-2)21(26)27-22(3,4)5/h12-13,17,19H,6-11,14-16H2,1-5H3/t19-/m0/s1. The number of amides is 1. The van der Waals surface area contributed by atoms with Crippen LogP contribution >= 0.6 is 0 Å². The molecule has 5 heteroatoms. The normalized spacial score (nSPS) is 18.3. The number of unbranched alkanes of at least 4 members (excludes halogenated alkanes) is 1. The summed E-state index contributed by atoms with van der Waals surface area (Å²) in [6.45, 7) is 12.9. The highest BCUT2D eigenvalue weighted by Gasteiger charge is 2.26. The second-order valence-corrected chi connectivity index (χ2v) is 8.48. The quantitative estimate of drug-likeness (QED) is 0.626. The Morgan fingerprint density at radius 3 is 2.63 bits per heavy atom. The van der Waals surface area contributed by atoms with Gasteiger partial charge >= 0.3 is 6.09 Å². The zero-order valence-electron chi connectivity index (χ0n) is 17.8. The maximum Gasteiger partial charge on any atom is 0.416 e. The van der Waals surface area contributed by atoms with Crippen LogP contribution in [0, 0.1) is 0 Å². The molecular weight excluding hydrogens is 338 g/mol. The molecule has 0 N–H and O–H groups in total. The van der Waals surface area contributed by atoms with Crippen molar-refractivity contribution in [2.24, 2.45) is 0 Å². The van der Waals surface area contributed by atoms with Crippen molar-refractivity contribution in [2.75, 3.05) is 24.5 Å². The van der Waals surface area contributed by atoms with E-state index in [0.29, 0.717) is 18.4 Å². The second-order valence-electron chi connectivity index (χ2n) is 8.48. The van der Waals surface area contributed by atoms with Crippen molar-refractivity contribution < 1.29 is 9.53 Å². The van der Waals surface area contributed by atoms with E-state index in [1.54, 1.807) is 4.90 Å². The number of hydrogen-bond acceptors (Lipinski definition) is 4. The third-order valence-corrected chi connectivity index (χ3v) is 4.91. The summed E-state index contributed by atoms with van der Waals surface area (Å²) in [4.78, 5) is 21.4. The van der Waals surface area contributed by atoms with Gasteiger partial charge in [-0.15, -0.1) is 0 Å². The molecule has 0 aliphatic carbocycles. The molecule has 1 atom stereocenters. The fourth-order valence-corrected chi connectivity index (χ4v) is 3.59. The zero-order valence-corrected chi connectivity index (χ0v) is 17.8. The van der Waals surface area contributed by atoms with Gasteiger partial charge in [-0.3, -0.25) is 9.80 Å². The lowest BCUT2D eigenvalue weighted by Gasteiger charge is -2.36. The van der Waals surface area contributed by atoms with E-state index in [0.717, 1.165) is 13.0 Å². The van der Waals surface area contributed by atoms with Crippen LogP contribution in [-0.4, -0.2) is 41.2 Å². The van der Waals surface area contributed by atoms with Crippen LogP contribution in [0.4, 0.5) is 10.6 Å². The zero-order chi connectivity index (χ0) is 19.9. The molecule has 0 radical (unpaired) electrons. The maximum absolute atomic E-state index is 12.6. The van der Waals surface area contributed by atoms with Crippen LogP contribution in [0.15, 0.2) is 18.3 Å². The van der Waals surface area contributed by atoms with Gasteiger partial charge in [0.05, 0.1) is 0 Å². The highest BCUT2D eigenvalue weighted by atomic mass is 16.6. The molecule has 1 aromatic heterocycles. The predicted octanol–water partition coefficient (Wildman–Crippen LogP) is 5.56. The number of aromatic nitrogens is 1. The third kappa shape index (κ3) is 6.49. The van der Waals surface area contributed by atoms with Gasteiger partial charge in [-0.2, -0.15) is 0 Å². The smallest absolute Gasteiger partial charge is 0.416 e. The first-order valence-corrected chi connectivity index (χ1v) is 10.6. The summed E-state index contributed by atoms with van der Waals surface area (Å²) in [5, 5.41) is 0. The molecule has 2 heterocycles. The highest BCUT2D eigenvalue weighted by molar-refractivity contribution is 5.86. The molecule has 0 bridgehead atoms. The Morgan fingerprint density at radius 2 is 2.04 bits per heavy atom. The fraction of sp³-hybridized carbons (Fsp3) is 0.727. The Labute approximate surface area is 165 Å². The van der Waals surface area contributed by atoms with E-state index in [2.05, 4.69) is 29.8 Å². The van der Waals surface area contributed by atoms with Crippen molar-refractivity contribution in [1.29, 1.82) is 0 Å². The number of hydrogen-bond donors (Lipinski definition) is 0. The Balaban J connectivity index is 2.14. The molecule has 0 aromatic carbocycles. The molecule has 1 amide bonds. The molecule has 5 nitrogen and oxygen atoms in total. The van der Waals surface area contributed by atoms with Crippen LogP contribution < -0.4 is 4.90 Å². The van der Waals surface area contributed by atoms with E-state index in [1.165, 1.54) is 44.2 Å². The Hall–Kier alpha value is -1.62. The largest absolute Gasteiger partial charge is 0.443 e. The van der Waals surface area contributed by atoms with Gasteiger partial charge in [0.1, 0.15) is 11.4 Å². The van der Waals surface area contributed by atoms with Gasteiger partial charge in [-0.05, 0) is 71.2 Å². The molecule has 0 unspecified atom stereocenters. The number of likely N-dealkylation sites (tertiary alicyclic amines) is 1. The molecular formula is C22H37N3O2. The molecule has 1 fully saturated rings. The molecule has 152 valence electrons. The fourth-order valence-electron chi connectivity index (χ4n) is 3.59. The predicted molar refractivity (Wildman–Crippen MR) is 111 cm³/mol. The molecule has 2 rings (SSSR count). The monoisotopic (exact) mass is 375 g/mol. The Kier molecular flexibility index (Phi) is 8.08. The first kappa shape index (κ1) is 21.7. The summed E-state index contributed by atoms with van der Waals surface area (Å²) >= 11 is 0. The van der Waals surface area contributed by atoms with Crippen molar-refractivity contribution >= 4 is 11.9 Å². The summed E-state index contributed by atoms with van der Waals surface area (Å²) in [6, 6.07) is 4.57. The maximum atomic E-state index is 12.6. The van der Waals surface area contributed by atoms with E-state index in [-0.39, 0.29) is 6.09 Å². The lowest BCUT2D eigenvalue weighted by molar-refractivity contribution is 0.0579. The summed E-state index contributed by atoms with van der Waals surface area (Å²) < 4.78 is 5.55. The SMILES string of the molecule is CCCCN1CCCC[C@H]1c1ccc(N(CCC)C(=O)OC(C)(C)C)nc1. The van der Waals surface area contributed by atoms with E-state index in [9.17, 15) is 4.79 Å². The number of carbonyl (C=O) groups excluding carboxylic acids is 1. The molecule has 1 saturated heterocycles. The van der Waals surface area contributed by atoms with Gasteiger partial charge < -0.3 is 4.74 Å². The molecule has 27 heavy (non-hydrogen) atoms. The number of piperidine rings is 1. The van der Waals surface area contributed by atoms with E-state index in [1.807, 2.05) is 33.0 Å². The van der Waals surface area contributed by atoms with Crippen LogP contribution in [0.2, 0.25) is 0 Å². The van der Waals surface area contributed by atoms with Crippen molar-refractivity contribution in [2.45, 2.75) is 84.8 Å². The van der Waals surface area contributed by atoms with Gasteiger partial charge in [0, 0.05) is 18.8 Å². The number of carbonyl (C=O) groups is 1. The van der Waals surface area contributed by atoms with Crippen molar-refractivity contribution in [3.05, 3.63) is 23.9 Å². The van der Waals surface area contributed by atoms with E-state index < -0.39 is 5.60 Å². The van der Waals surface area contributed by atoms with Crippen LogP contribution in [0.25, 0.3) is 0 Å². The first-order valence-electron chi connectivity index (χ1n) is 10.6. The van der Waals surface area contributed by atoms with Gasteiger partial charge in [0.2, 0.25) is 0 Å². The van der Waals surface area contributed by atoms with Crippen molar-refractivity contribution in [3.63, 3.8) is 0 Å². The molecule has 1 aromatic rings. The Morgan fingerprint density at radius 1 is 1.26 bits per heavy atom. The Bertz CT molecular complexity index is 580. The van der Waals surface area contributed by atoms with Gasteiger partial charge in [-0.1, -0.05) is 32.8 Å². The molecule has 1 aliphatic rings. The van der Waals surface area contributed by atoms with E-state index in [4.69, 9.17) is 4.74 Å². The summed E-state index contributed by atoms with van der Waals surface area (Å²) in [5.41, 5.74) is 0.750. The lowest BCUT2D eigenvalue weighted by atomic mass is 9.96. The number of ether oxygens (including phenoxy) is 1. The highest BCUT2D eigenvalue weighted by Crippen LogP contribution is 2.31. The minimum absolute atomic E-state index is 0.327. The summed E-state index contributed by atoms with van der Waals surface area (Å²) in [5.74, 6) is 0.672. The van der Waals surface area contributed by atoms with Gasteiger partial charge in [0.25, 0.3) is 0 Å². The van der Waals surface area contributed by atoms with Crippen LogP contribution in [0.1, 0.15) is 84.7 Å². The van der Waals surface area contributed by atoms with Gasteiger partial charge in [0.15, 0.2) is 0 Å². The third-order valence-electron chi connectivity index (χ3n) is 4.91. The van der Waals surface area contributed by atoms with Crippen LogP contribution in [-0.2, 0) is 4.74 Å². The number of rotatable bonds is 7. The van der Waals surface area contributed by atoms with E-state index >= 15 is 0 Å². The summed E-state index contributed by atoms with van der Waals surface area (Å²) in [7, 11) is 0. The topological polar surface area (TPSA) is 45.7 Å². The molecule has 0 saturated carbocycles. The van der Waals surface area contributed by atoms with Crippen LogP contribution in [0.3, 0.4) is 0 Å². The van der Waals surface area contributed by atoms with Crippen molar-refractivity contribution in [1.82, 2.24) is 9.88 Å². The number of pyridine rings is 1. The number of anilines is 1. The average Bonchev–Trinajstić information content (AvgIpc) is 2.63. The summed E-state index contributed by atoms with van der Waals surface area (Å²) in [6.07, 6.45) is 8.70. The minimum Gasteiger partial charge on any atom is -0.443 e.